The van der Waals surface area contributed by atoms with Crippen LogP contribution in [0.4, 0.5) is 0 Å². The number of thiocarbonyl (C=S) groups is 1. The molecule has 0 bridgehead atoms. The van der Waals surface area contributed by atoms with Crippen LogP contribution in [-0.2, 0) is 13.1 Å². The molecule has 0 saturated heterocycles. The Balaban J connectivity index is 1.80. The molecule has 0 spiro atoms. The highest BCUT2D eigenvalue weighted by Gasteiger charge is 2.06. The number of rotatable bonds is 5. The van der Waals surface area contributed by atoms with Crippen LogP contribution in [0.25, 0.3) is 0 Å². The van der Waals surface area contributed by atoms with Gasteiger partial charge in [-0.2, -0.15) is 5.10 Å². The van der Waals surface area contributed by atoms with Crippen LogP contribution in [0.15, 0.2) is 42.7 Å². The monoisotopic (exact) mass is 288 g/mol. The molecular weight excluding hydrogens is 268 g/mol. The van der Waals surface area contributed by atoms with Crippen LogP contribution in [0.2, 0.25) is 0 Å². The summed E-state index contributed by atoms with van der Waals surface area (Å²) in [6.07, 6.45) is 3.88. The van der Waals surface area contributed by atoms with Gasteiger partial charge in [0.05, 0.1) is 12.2 Å². The fourth-order valence-electron chi connectivity index (χ4n) is 1.93. The van der Waals surface area contributed by atoms with Crippen molar-refractivity contribution in [1.29, 1.82) is 0 Å². The van der Waals surface area contributed by atoms with E-state index < -0.39 is 0 Å². The van der Waals surface area contributed by atoms with Crippen LogP contribution >= 0.6 is 12.2 Å². The van der Waals surface area contributed by atoms with Crippen LogP contribution in [0.3, 0.4) is 0 Å². The van der Waals surface area contributed by atoms with Crippen molar-refractivity contribution in [2.24, 2.45) is 0 Å². The first kappa shape index (κ1) is 14.5. The number of nitrogens with one attached hydrogen (secondary N) is 2. The third kappa shape index (κ3) is 4.06. The second-order valence-electron chi connectivity index (χ2n) is 4.66. The Morgan fingerprint density at radius 3 is 2.75 bits per heavy atom. The molecule has 1 aromatic carbocycles. The zero-order chi connectivity index (χ0) is 14.4. The lowest BCUT2D eigenvalue weighted by molar-refractivity contribution is 0.658. The summed E-state index contributed by atoms with van der Waals surface area (Å²) in [7, 11) is 0. The van der Waals surface area contributed by atoms with Crippen LogP contribution in [0, 0.1) is 0 Å². The summed E-state index contributed by atoms with van der Waals surface area (Å²) in [6.45, 7) is 5.73. The predicted molar refractivity (Wildman–Crippen MR) is 85.3 cm³/mol. The lowest BCUT2D eigenvalue weighted by Crippen LogP contribution is -2.36. The van der Waals surface area contributed by atoms with E-state index in [0.717, 1.165) is 12.1 Å². The van der Waals surface area contributed by atoms with E-state index in [4.69, 9.17) is 12.2 Å². The highest BCUT2D eigenvalue weighted by Crippen LogP contribution is 2.10. The first-order chi connectivity index (χ1) is 9.69. The Morgan fingerprint density at radius 1 is 1.35 bits per heavy atom. The minimum absolute atomic E-state index is 0.189. The van der Waals surface area contributed by atoms with Crippen LogP contribution in [0.1, 0.15) is 31.0 Å². The zero-order valence-electron chi connectivity index (χ0n) is 11.8. The van der Waals surface area contributed by atoms with E-state index in [9.17, 15) is 0 Å². The highest BCUT2D eigenvalue weighted by atomic mass is 32.1. The molecule has 4 nitrogen and oxygen atoms in total. The largest absolute Gasteiger partial charge is 0.359 e. The molecule has 1 aromatic heterocycles. The van der Waals surface area contributed by atoms with Crippen molar-refractivity contribution in [1.82, 2.24) is 20.4 Å². The summed E-state index contributed by atoms with van der Waals surface area (Å²) in [5.74, 6) is 0. The summed E-state index contributed by atoms with van der Waals surface area (Å²) < 4.78 is 1.90. The number of hydrogen-bond donors (Lipinski definition) is 2. The molecule has 20 heavy (non-hydrogen) atoms. The Labute approximate surface area is 125 Å². The van der Waals surface area contributed by atoms with E-state index in [1.165, 1.54) is 5.56 Å². The third-order valence-electron chi connectivity index (χ3n) is 3.11. The number of benzene rings is 1. The molecule has 0 radical (unpaired) electrons. The fraction of sp³-hybridized carbons (Fsp3) is 0.333. The quantitative estimate of drug-likeness (QED) is 0.830. The number of nitrogens with zero attached hydrogens (tertiary/aromatic N) is 2. The van der Waals surface area contributed by atoms with Gasteiger partial charge >= 0.3 is 0 Å². The SMILES string of the molecule is CCn1cc(CNC(=S)NC(C)c2ccccc2)cn1. The summed E-state index contributed by atoms with van der Waals surface area (Å²) in [5.41, 5.74) is 2.35. The van der Waals surface area contributed by atoms with Crippen LogP contribution in [-0.4, -0.2) is 14.9 Å². The van der Waals surface area contributed by atoms with E-state index in [-0.39, 0.29) is 6.04 Å². The van der Waals surface area contributed by atoms with Crippen molar-refractivity contribution < 1.29 is 0 Å². The second kappa shape index (κ2) is 7.05. The second-order valence-corrected chi connectivity index (χ2v) is 5.07. The van der Waals surface area contributed by atoms with Gasteiger partial charge in [0.15, 0.2) is 5.11 Å². The average molecular weight is 288 g/mol. The van der Waals surface area contributed by atoms with Crippen LogP contribution < -0.4 is 10.6 Å². The molecule has 106 valence electrons. The highest BCUT2D eigenvalue weighted by molar-refractivity contribution is 7.80. The maximum absolute atomic E-state index is 5.32. The van der Waals surface area contributed by atoms with Crippen molar-refractivity contribution in [2.75, 3.05) is 0 Å². The normalized spacial score (nSPS) is 11.9. The smallest absolute Gasteiger partial charge is 0.167 e. The lowest BCUT2D eigenvalue weighted by atomic mass is 10.1. The van der Waals surface area contributed by atoms with Gasteiger partial charge in [-0.05, 0) is 31.6 Å². The molecule has 2 aromatic rings. The average Bonchev–Trinajstić information content (AvgIpc) is 2.94. The van der Waals surface area contributed by atoms with E-state index in [0.29, 0.717) is 11.7 Å². The zero-order valence-corrected chi connectivity index (χ0v) is 12.7. The predicted octanol–water partition coefficient (Wildman–Crippen LogP) is 2.63. The van der Waals surface area contributed by atoms with Gasteiger partial charge in [0, 0.05) is 24.8 Å². The molecule has 2 N–H and O–H groups in total. The summed E-state index contributed by atoms with van der Waals surface area (Å²) >= 11 is 5.32. The fourth-order valence-corrected chi connectivity index (χ4v) is 2.17. The summed E-state index contributed by atoms with van der Waals surface area (Å²) in [6, 6.07) is 10.4. The van der Waals surface area contributed by atoms with Gasteiger partial charge in [0.25, 0.3) is 0 Å². The molecule has 0 fully saturated rings. The molecular formula is C15H20N4S. The molecule has 0 aliphatic rings. The number of aryl methyl sites for hydroxylation is 1. The Morgan fingerprint density at radius 2 is 2.10 bits per heavy atom. The standard InChI is InChI=1S/C15H20N4S/c1-3-19-11-13(10-17-19)9-16-15(20)18-12(2)14-7-5-4-6-8-14/h4-8,10-12H,3,9H2,1-2H3,(H2,16,18,20). The van der Waals surface area contributed by atoms with Crippen molar-refractivity contribution in [3.05, 3.63) is 53.9 Å². The summed E-state index contributed by atoms with van der Waals surface area (Å²) in [5, 5.41) is 11.4. The topological polar surface area (TPSA) is 41.9 Å². The van der Waals surface area contributed by atoms with Gasteiger partial charge < -0.3 is 10.6 Å². The number of aromatic nitrogens is 2. The maximum Gasteiger partial charge on any atom is 0.167 e. The minimum atomic E-state index is 0.189. The molecule has 5 heteroatoms. The van der Waals surface area contributed by atoms with E-state index in [2.05, 4.69) is 41.7 Å². The first-order valence-electron chi connectivity index (χ1n) is 6.79. The molecule has 1 atom stereocenters. The molecule has 1 heterocycles. The Kier molecular flexibility index (Phi) is 5.12. The molecule has 0 saturated carbocycles. The summed E-state index contributed by atoms with van der Waals surface area (Å²) in [4.78, 5) is 0. The first-order valence-corrected chi connectivity index (χ1v) is 7.20. The van der Waals surface area contributed by atoms with Gasteiger partial charge in [-0.3, -0.25) is 4.68 Å². The number of hydrogen-bond acceptors (Lipinski definition) is 2. The van der Waals surface area contributed by atoms with E-state index in [1.807, 2.05) is 35.3 Å². The maximum atomic E-state index is 5.32. The molecule has 0 amide bonds. The minimum Gasteiger partial charge on any atom is -0.359 e. The van der Waals surface area contributed by atoms with Gasteiger partial charge in [-0.1, -0.05) is 30.3 Å². The molecule has 0 aliphatic carbocycles. The van der Waals surface area contributed by atoms with Crippen molar-refractivity contribution in [3.63, 3.8) is 0 Å². The van der Waals surface area contributed by atoms with E-state index in [1.54, 1.807) is 0 Å². The van der Waals surface area contributed by atoms with Gasteiger partial charge in [-0.15, -0.1) is 0 Å². The Hall–Kier alpha value is -1.88. The van der Waals surface area contributed by atoms with Gasteiger partial charge in [0.1, 0.15) is 0 Å². The van der Waals surface area contributed by atoms with E-state index >= 15 is 0 Å². The molecule has 2 rings (SSSR count). The van der Waals surface area contributed by atoms with Crippen LogP contribution in [0.5, 0.6) is 0 Å². The van der Waals surface area contributed by atoms with Gasteiger partial charge in [0.2, 0.25) is 0 Å². The van der Waals surface area contributed by atoms with Gasteiger partial charge in [-0.25, -0.2) is 0 Å². The Bertz CT molecular complexity index is 550. The van der Waals surface area contributed by atoms with Crippen molar-refractivity contribution in [2.45, 2.75) is 33.0 Å². The molecule has 1 unspecified atom stereocenters. The van der Waals surface area contributed by atoms with Crippen molar-refractivity contribution >= 4 is 17.3 Å². The lowest BCUT2D eigenvalue weighted by Gasteiger charge is -2.17. The van der Waals surface area contributed by atoms with Crippen molar-refractivity contribution in [3.8, 4) is 0 Å². The third-order valence-corrected chi connectivity index (χ3v) is 3.37. The molecule has 0 aliphatic heterocycles.